The molecule has 7 heteroatoms. The van der Waals surface area contributed by atoms with Crippen molar-refractivity contribution in [2.75, 3.05) is 5.32 Å². The van der Waals surface area contributed by atoms with Crippen molar-refractivity contribution in [3.05, 3.63) is 88.3 Å². The number of anilines is 1. The third kappa shape index (κ3) is 3.42. The van der Waals surface area contributed by atoms with E-state index in [4.69, 9.17) is 0 Å². The zero-order valence-corrected chi connectivity index (χ0v) is 16.0. The molecule has 4 rings (SSSR count). The van der Waals surface area contributed by atoms with Crippen LogP contribution in [0.15, 0.2) is 66.0 Å². The van der Waals surface area contributed by atoms with Gasteiger partial charge in [0, 0.05) is 6.42 Å². The second-order valence-corrected chi connectivity index (χ2v) is 7.41. The highest BCUT2D eigenvalue weighted by Gasteiger charge is 2.42. The smallest absolute Gasteiger partial charge is 0.262 e. The molecule has 1 aromatic heterocycles. The lowest BCUT2D eigenvalue weighted by molar-refractivity contribution is -0.119. The number of fused-ring (bicyclic) bond motifs is 1. The van der Waals surface area contributed by atoms with Crippen molar-refractivity contribution in [2.45, 2.75) is 12.5 Å². The van der Waals surface area contributed by atoms with Crippen LogP contribution in [-0.2, 0) is 11.2 Å². The number of carbonyl (C=O) groups excluding carboxylic acids is 3. The number of hydrogen-bond acceptors (Lipinski definition) is 5. The van der Waals surface area contributed by atoms with Crippen LogP contribution in [0.25, 0.3) is 0 Å². The number of nitriles is 1. The first kappa shape index (κ1) is 18.6. The number of nitrogens with one attached hydrogen (secondary N) is 1. The molecule has 2 aromatic carbocycles. The Labute approximate surface area is 171 Å². The molecule has 3 aromatic rings. The van der Waals surface area contributed by atoms with Gasteiger partial charge in [-0.05, 0) is 29.1 Å². The van der Waals surface area contributed by atoms with Crippen molar-refractivity contribution in [3.63, 3.8) is 0 Å². The Kier molecular flexibility index (Phi) is 4.94. The van der Waals surface area contributed by atoms with Gasteiger partial charge in [0.1, 0.15) is 17.1 Å². The van der Waals surface area contributed by atoms with Crippen LogP contribution in [0.2, 0.25) is 0 Å². The minimum Gasteiger partial charge on any atom is -0.315 e. The van der Waals surface area contributed by atoms with Crippen LogP contribution in [0.1, 0.15) is 31.8 Å². The van der Waals surface area contributed by atoms with E-state index >= 15 is 0 Å². The second kappa shape index (κ2) is 7.70. The van der Waals surface area contributed by atoms with E-state index in [9.17, 15) is 19.6 Å². The first-order valence-electron chi connectivity index (χ1n) is 8.89. The standard InChI is InChI=1S/C22H15N3O3S/c23-13-15-10-11-29-20(15)24-19(26)18(12-14-6-2-1-3-7-14)25-21(27)16-8-4-5-9-17(16)22(25)28/h1-11,18H,12H2,(H,24,26)/t18-/m0/s1. The highest BCUT2D eigenvalue weighted by atomic mass is 32.1. The van der Waals surface area contributed by atoms with Gasteiger partial charge in [-0.1, -0.05) is 42.5 Å². The molecule has 0 radical (unpaired) electrons. The van der Waals surface area contributed by atoms with Crippen molar-refractivity contribution in [2.24, 2.45) is 0 Å². The minimum atomic E-state index is -1.04. The van der Waals surface area contributed by atoms with Crippen molar-refractivity contribution in [1.82, 2.24) is 4.90 Å². The van der Waals surface area contributed by atoms with Gasteiger partial charge in [-0.25, -0.2) is 0 Å². The maximum absolute atomic E-state index is 13.2. The molecular formula is C22H15N3O3S. The molecule has 0 saturated carbocycles. The van der Waals surface area contributed by atoms with Gasteiger partial charge in [0.05, 0.1) is 16.7 Å². The summed E-state index contributed by atoms with van der Waals surface area (Å²) in [6.45, 7) is 0. The fourth-order valence-electron chi connectivity index (χ4n) is 3.32. The van der Waals surface area contributed by atoms with Crippen LogP contribution in [0.4, 0.5) is 5.00 Å². The predicted molar refractivity (Wildman–Crippen MR) is 109 cm³/mol. The molecule has 1 aliphatic rings. The third-order valence-electron chi connectivity index (χ3n) is 4.73. The second-order valence-electron chi connectivity index (χ2n) is 6.50. The van der Waals surface area contributed by atoms with Gasteiger partial charge in [-0.3, -0.25) is 19.3 Å². The van der Waals surface area contributed by atoms with Crippen molar-refractivity contribution in [3.8, 4) is 6.07 Å². The van der Waals surface area contributed by atoms with Gasteiger partial charge < -0.3 is 5.32 Å². The average molecular weight is 401 g/mol. The molecular weight excluding hydrogens is 386 g/mol. The number of imide groups is 1. The number of nitrogens with zero attached hydrogens (tertiary/aromatic N) is 2. The number of hydrogen-bond donors (Lipinski definition) is 1. The van der Waals surface area contributed by atoms with Gasteiger partial charge in [-0.15, -0.1) is 11.3 Å². The van der Waals surface area contributed by atoms with E-state index in [0.29, 0.717) is 10.6 Å². The summed E-state index contributed by atoms with van der Waals surface area (Å²) in [5.41, 5.74) is 1.73. The van der Waals surface area contributed by atoms with Crippen molar-refractivity contribution >= 4 is 34.1 Å². The van der Waals surface area contributed by atoms with Crippen molar-refractivity contribution in [1.29, 1.82) is 5.26 Å². The lowest BCUT2D eigenvalue weighted by Crippen LogP contribution is -2.48. The summed E-state index contributed by atoms with van der Waals surface area (Å²) in [7, 11) is 0. The summed E-state index contributed by atoms with van der Waals surface area (Å²) in [5.74, 6) is -1.50. The summed E-state index contributed by atoms with van der Waals surface area (Å²) in [5, 5.41) is 14.0. The largest absolute Gasteiger partial charge is 0.315 e. The Balaban J connectivity index is 1.69. The fraction of sp³-hybridized carbons (Fsp3) is 0.0909. The zero-order chi connectivity index (χ0) is 20.4. The Morgan fingerprint density at radius 1 is 1.00 bits per heavy atom. The van der Waals surface area contributed by atoms with Crippen LogP contribution in [-0.4, -0.2) is 28.7 Å². The lowest BCUT2D eigenvalue weighted by Gasteiger charge is -2.25. The average Bonchev–Trinajstić information content (AvgIpc) is 3.30. The molecule has 0 bridgehead atoms. The van der Waals surface area contributed by atoms with Crippen LogP contribution in [0, 0.1) is 11.3 Å². The molecule has 0 fully saturated rings. The van der Waals surface area contributed by atoms with Gasteiger partial charge in [0.2, 0.25) is 5.91 Å². The van der Waals surface area contributed by atoms with Gasteiger partial charge >= 0.3 is 0 Å². The Hall–Kier alpha value is -3.76. The molecule has 1 N–H and O–H groups in total. The summed E-state index contributed by atoms with van der Waals surface area (Å²) in [4.78, 5) is 40.1. The molecule has 0 unspecified atom stereocenters. The summed E-state index contributed by atoms with van der Waals surface area (Å²) < 4.78 is 0. The molecule has 6 nitrogen and oxygen atoms in total. The maximum atomic E-state index is 13.2. The highest BCUT2D eigenvalue weighted by Crippen LogP contribution is 2.28. The maximum Gasteiger partial charge on any atom is 0.262 e. The summed E-state index contributed by atoms with van der Waals surface area (Å²) in [6, 6.07) is 18.3. The fourth-order valence-corrected chi connectivity index (χ4v) is 4.06. The molecule has 3 amide bonds. The highest BCUT2D eigenvalue weighted by molar-refractivity contribution is 7.14. The van der Waals surface area contributed by atoms with E-state index in [2.05, 4.69) is 5.32 Å². The van der Waals surface area contributed by atoms with E-state index in [1.165, 1.54) is 11.3 Å². The Morgan fingerprint density at radius 2 is 1.62 bits per heavy atom. The van der Waals surface area contributed by atoms with E-state index in [1.54, 1.807) is 35.7 Å². The first-order chi connectivity index (χ1) is 14.1. The topological polar surface area (TPSA) is 90.3 Å². The Bertz CT molecular complexity index is 1110. The van der Waals surface area contributed by atoms with Crippen LogP contribution in [0.5, 0.6) is 0 Å². The normalized spacial score (nSPS) is 13.7. The van der Waals surface area contributed by atoms with Gasteiger partial charge in [-0.2, -0.15) is 5.26 Å². The van der Waals surface area contributed by atoms with E-state index in [1.807, 2.05) is 36.4 Å². The molecule has 0 aliphatic carbocycles. The molecule has 1 atom stereocenters. The van der Waals surface area contributed by atoms with Crippen LogP contribution < -0.4 is 5.32 Å². The predicted octanol–water partition coefficient (Wildman–Crippen LogP) is 3.47. The number of carbonyl (C=O) groups is 3. The third-order valence-corrected chi connectivity index (χ3v) is 5.56. The molecule has 1 aliphatic heterocycles. The molecule has 0 saturated heterocycles. The number of rotatable bonds is 5. The molecule has 0 spiro atoms. The Morgan fingerprint density at radius 3 is 2.24 bits per heavy atom. The van der Waals surface area contributed by atoms with Crippen LogP contribution in [0.3, 0.4) is 0 Å². The van der Waals surface area contributed by atoms with Gasteiger partial charge in [0.25, 0.3) is 11.8 Å². The van der Waals surface area contributed by atoms with Gasteiger partial charge in [0.15, 0.2) is 0 Å². The lowest BCUT2D eigenvalue weighted by atomic mass is 10.0. The minimum absolute atomic E-state index is 0.172. The first-order valence-corrected chi connectivity index (χ1v) is 9.77. The van der Waals surface area contributed by atoms with E-state index < -0.39 is 23.8 Å². The SMILES string of the molecule is N#Cc1ccsc1NC(=O)[C@H](Cc1ccccc1)N1C(=O)c2ccccc2C1=O. The quantitative estimate of drug-likeness (QED) is 0.663. The van der Waals surface area contributed by atoms with E-state index in [0.717, 1.165) is 10.5 Å². The van der Waals surface area contributed by atoms with Crippen molar-refractivity contribution < 1.29 is 14.4 Å². The van der Waals surface area contributed by atoms with E-state index in [-0.39, 0.29) is 17.5 Å². The molecule has 2 heterocycles. The number of thiophene rings is 1. The summed E-state index contributed by atoms with van der Waals surface area (Å²) >= 11 is 1.21. The molecule has 142 valence electrons. The number of amides is 3. The molecule has 29 heavy (non-hydrogen) atoms. The summed E-state index contributed by atoms with van der Waals surface area (Å²) in [6.07, 6.45) is 0.172. The zero-order valence-electron chi connectivity index (χ0n) is 15.2. The monoisotopic (exact) mass is 401 g/mol. The van der Waals surface area contributed by atoms with Crippen LogP contribution >= 0.6 is 11.3 Å². The number of benzene rings is 2.